The van der Waals surface area contributed by atoms with Gasteiger partial charge in [-0.1, -0.05) is 29.4 Å². The van der Waals surface area contributed by atoms with Crippen LogP contribution in [-0.2, 0) is 17.9 Å². The van der Waals surface area contributed by atoms with Gasteiger partial charge in [0.05, 0.1) is 12.4 Å². The van der Waals surface area contributed by atoms with Gasteiger partial charge in [0.25, 0.3) is 0 Å². The van der Waals surface area contributed by atoms with Crippen molar-refractivity contribution in [2.24, 2.45) is 0 Å². The summed E-state index contributed by atoms with van der Waals surface area (Å²) in [4.78, 5) is 12.3. The molecule has 0 fully saturated rings. The summed E-state index contributed by atoms with van der Waals surface area (Å²) in [6, 6.07) is 14.3. The van der Waals surface area contributed by atoms with Crippen LogP contribution in [0.3, 0.4) is 0 Å². The van der Waals surface area contributed by atoms with Crippen molar-refractivity contribution in [1.82, 2.24) is 14.8 Å². The molecule has 0 atom stereocenters. The van der Waals surface area contributed by atoms with Crippen molar-refractivity contribution in [3.63, 3.8) is 0 Å². The summed E-state index contributed by atoms with van der Waals surface area (Å²) in [5.74, 6) is 2.15. The van der Waals surface area contributed by atoms with Crippen molar-refractivity contribution in [3.8, 4) is 11.5 Å². The van der Waals surface area contributed by atoms with Gasteiger partial charge in [0.1, 0.15) is 18.1 Å². The first-order valence-electron chi connectivity index (χ1n) is 9.66. The van der Waals surface area contributed by atoms with E-state index < -0.39 is 0 Å². The van der Waals surface area contributed by atoms with Gasteiger partial charge >= 0.3 is 0 Å². The van der Waals surface area contributed by atoms with Crippen LogP contribution < -0.4 is 14.8 Å². The zero-order valence-corrected chi connectivity index (χ0v) is 18.7. The molecule has 1 amide bonds. The van der Waals surface area contributed by atoms with E-state index in [-0.39, 0.29) is 18.3 Å². The highest BCUT2D eigenvalue weighted by Crippen LogP contribution is 2.21. The Labute approximate surface area is 190 Å². The molecule has 3 rings (SSSR count). The van der Waals surface area contributed by atoms with Gasteiger partial charge in [0.2, 0.25) is 5.91 Å². The fourth-order valence-corrected chi connectivity index (χ4v) is 3.54. The largest absolute Gasteiger partial charge is 0.494 e. The Morgan fingerprint density at radius 1 is 1.13 bits per heavy atom. The molecule has 0 aliphatic rings. The fourth-order valence-electron chi connectivity index (χ4n) is 2.65. The molecule has 0 saturated heterocycles. The summed E-state index contributed by atoms with van der Waals surface area (Å²) in [5.41, 5.74) is 0.707. The Morgan fingerprint density at radius 3 is 2.48 bits per heavy atom. The number of hydrogen-bond donors (Lipinski definition) is 1. The molecule has 0 bridgehead atoms. The van der Waals surface area contributed by atoms with Crippen LogP contribution in [0.5, 0.6) is 11.5 Å². The highest BCUT2D eigenvalue weighted by Gasteiger charge is 2.14. The van der Waals surface area contributed by atoms with Crippen molar-refractivity contribution in [1.29, 1.82) is 0 Å². The van der Waals surface area contributed by atoms with Crippen LogP contribution in [0.1, 0.15) is 12.7 Å². The van der Waals surface area contributed by atoms with Gasteiger partial charge in [-0.05, 0) is 55.5 Å². The first kappa shape index (κ1) is 22.7. The molecule has 9 heteroatoms. The van der Waals surface area contributed by atoms with E-state index in [4.69, 9.17) is 21.1 Å². The lowest BCUT2D eigenvalue weighted by atomic mass is 10.3. The summed E-state index contributed by atoms with van der Waals surface area (Å²) >= 11 is 7.20. The Balaban J connectivity index is 1.57. The topological polar surface area (TPSA) is 78.3 Å². The van der Waals surface area contributed by atoms with Crippen molar-refractivity contribution in [2.45, 2.75) is 25.2 Å². The number of nitrogens with one attached hydrogen (secondary N) is 1. The average molecular weight is 459 g/mol. The Hall–Kier alpha value is -2.97. The van der Waals surface area contributed by atoms with Crippen LogP contribution >= 0.6 is 23.4 Å². The zero-order chi connectivity index (χ0) is 22.1. The highest BCUT2D eigenvalue weighted by atomic mass is 35.5. The van der Waals surface area contributed by atoms with Crippen LogP contribution in [0, 0.1) is 0 Å². The normalized spacial score (nSPS) is 10.5. The monoisotopic (exact) mass is 458 g/mol. The number of amides is 1. The molecule has 31 heavy (non-hydrogen) atoms. The van der Waals surface area contributed by atoms with Gasteiger partial charge in [-0.3, -0.25) is 9.36 Å². The van der Waals surface area contributed by atoms with Gasteiger partial charge in [0.15, 0.2) is 11.0 Å². The lowest BCUT2D eigenvalue weighted by Gasteiger charge is -2.10. The summed E-state index contributed by atoms with van der Waals surface area (Å²) in [7, 11) is 0. The number of ether oxygens (including phenoxy) is 2. The maximum Gasteiger partial charge on any atom is 0.234 e. The minimum atomic E-state index is -0.138. The number of allylic oxidation sites excluding steroid dienone is 1. The molecule has 0 aliphatic carbocycles. The van der Waals surface area contributed by atoms with E-state index in [9.17, 15) is 4.79 Å². The van der Waals surface area contributed by atoms with E-state index in [1.807, 2.05) is 23.6 Å². The minimum absolute atomic E-state index is 0.138. The molecule has 2 aromatic carbocycles. The van der Waals surface area contributed by atoms with Crippen molar-refractivity contribution in [2.75, 3.05) is 17.7 Å². The maximum absolute atomic E-state index is 12.3. The van der Waals surface area contributed by atoms with Crippen LogP contribution in [0.4, 0.5) is 5.69 Å². The van der Waals surface area contributed by atoms with Gasteiger partial charge in [0, 0.05) is 17.3 Å². The van der Waals surface area contributed by atoms with Gasteiger partial charge in [-0.25, -0.2) is 0 Å². The molecule has 0 unspecified atom stereocenters. The quantitative estimate of drug-likeness (QED) is 0.327. The van der Waals surface area contributed by atoms with Gasteiger partial charge < -0.3 is 14.8 Å². The average Bonchev–Trinajstić information content (AvgIpc) is 3.15. The SMILES string of the molecule is C=CCn1c(COc2ccc(Cl)cc2)nnc1SCC(=O)Nc1ccc(OCC)cc1. The molecule has 1 N–H and O–H groups in total. The highest BCUT2D eigenvalue weighted by molar-refractivity contribution is 7.99. The Bertz CT molecular complexity index is 1010. The molecule has 162 valence electrons. The molecule has 1 heterocycles. The molecule has 1 aromatic heterocycles. The number of hydrogen-bond acceptors (Lipinski definition) is 6. The number of aromatic nitrogens is 3. The molecule has 7 nitrogen and oxygen atoms in total. The molecule has 0 spiro atoms. The van der Waals surface area contributed by atoms with Gasteiger partial charge in [-0.2, -0.15) is 0 Å². The number of carbonyl (C=O) groups excluding carboxylic acids is 1. The number of benzene rings is 2. The number of halogens is 1. The second-order valence-electron chi connectivity index (χ2n) is 6.33. The molecular formula is C22H23ClN4O3S. The van der Waals surface area contributed by atoms with E-state index in [0.717, 1.165) is 5.75 Å². The Kier molecular flexibility index (Phi) is 8.37. The minimum Gasteiger partial charge on any atom is -0.494 e. The number of thioether (sulfide) groups is 1. The Morgan fingerprint density at radius 2 is 1.81 bits per heavy atom. The molecule has 3 aromatic rings. The van der Waals surface area contributed by atoms with Crippen LogP contribution in [0.2, 0.25) is 5.02 Å². The van der Waals surface area contributed by atoms with Crippen molar-refractivity contribution >= 4 is 35.0 Å². The smallest absolute Gasteiger partial charge is 0.234 e. The number of nitrogens with zero attached hydrogens (tertiary/aromatic N) is 3. The van der Waals surface area contributed by atoms with E-state index in [1.54, 1.807) is 42.5 Å². The zero-order valence-electron chi connectivity index (χ0n) is 17.1. The summed E-state index contributed by atoms with van der Waals surface area (Å²) in [6.45, 7) is 7.05. The van der Waals surface area contributed by atoms with E-state index in [2.05, 4.69) is 22.1 Å². The third kappa shape index (κ3) is 6.77. The fraction of sp³-hybridized carbons (Fsp3) is 0.227. The van der Waals surface area contributed by atoms with Gasteiger partial charge in [-0.15, -0.1) is 16.8 Å². The number of rotatable bonds is 11. The van der Waals surface area contributed by atoms with Crippen LogP contribution in [0.25, 0.3) is 0 Å². The van der Waals surface area contributed by atoms with Crippen LogP contribution in [0.15, 0.2) is 66.3 Å². The van der Waals surface area contributed by atoms with Crippen molar-refractivity contribution < 1.29 is 14.3 Å². The predicted molar refractivity (Wildman–Crippen MR) is 123 cm³/mol. The van der Waals surface area contributed by atoms with E-state index in [1.165, 1.54) is 11.8 Å². The third-order valence-corrected chi connectivity index (χ3v) is 5.29. The summed E-state index contributed by atoms with van der Waals surface area (Å²) in [6.07, 6.45) is 1.75. The number of carbonyl (C=O) groups is 1. The molecule has 0 radical (unpaired) electrons. The first-order valence-corrected chi connectivity index (χ1v) is 11.0. The maximum atomic E-state index is 12.3. The first-order chi connectivity index (χ1) is 15.1. The lowest BCUT2D eigenvalue weighted by Crippen LogP contribution is -2.15. The standard InChI is InChI=1S/C22H23ClN4O3S/c1-3-13-27-20(14-30-19-9-5-16(23)6-10-19)25-26-22(27)31-15-21(28)24-17-7-11-18(12-8-17)29-4-2/h3,5-12H,1,4,13-15H2,2H3,(H,24,28). The second kappa shape index (κ2) is 11.4. The lowest BCUT2D eigenvalue weighted by molar-refractivity contribution is -0.113. The van der Waals surface area contributed by atoms with Crippen LogP contribution in [-0.4, -0.2) is 33.0 Å². The number of anilines is 1. The van der Waals surface area contributed by atoms with E-state index >= 15 is 0 Å². The van der Waals surface area contributed by atoms with E-state index in [0.29, 0.717) is 40.6 Å². The molecule has 0 saturated carbocycles. The summed E-state index contributed by atoms with van der Waals surface area (Å²) < 4.78 is 13.0. The molecule has 0 aliphatic heterocycles. The second-order valence-corrected chi connectivity index (χ2v) is 7.71. The molecular weight excluding hydrogens is 436 g/mol. The summed E-state index contributed by atoms with van der Waals surface area (Å²) in [5, 5.41) is 12.5. The predicted octanol–water partition coefficient (Wildman–Crippen LogP) is 4.83. The van der Waals surface area contributed by atoms with Crippen molar-refractivity contribution in [3.05, 3.63) is 72.0 Å². The third-order valence-electron chi connectivity index (χ3n) is 4.07.